The molecule has 0 aliphatic heterocycles. The molecule has 2 aromatic rings. The van der Waals surface area contributed by atoms with Crippen molar-refractivity contribution in [2.75, 3.05) is 0 Å². The minimum Gasteiger partial charge on any atom is -0.479 e. The molecule has 0 bridgehead atoms. The number of carboxylic acid groups (broad SMARTS) is 1. The molecule has 0 aliphatic carbocycles. The summed E-state index contributed by atoms with van der Waals surface area (Å²) in [6.07, 6.45) is -4.62. The summed E-state index contributed by atoms with van der Waals surface area (Å²) >= 11 is 0. The summed E-state index contributed by atoms with van der Waals surface area (Å²) < 4.78 is 38.2. The first-order chi connectivity index (χ1) is 9.76. The predicted octanol–water partition coefficient (Wildman–Crippen LogP) is 3.03. The first kappa shape index (κ1) is 15.1. The second-order valence-electron chi connectivity index (χ2n) is 4.46. The van der Waals surface area contributed by atoms with E-state index in [4.69, 9.17) is 0 Å². The summed E-state index contributed by atoms with van der Waals surface area (Å²) in [7, 11) is 0. The Labute approximate surface area is 118 Å². The highest BCUT2D eigenvalue weighted by Gasteiger charge is 2.41. The summed E-state index contributed by atoms with van der Waals surface area (Å²) in [5.41, 5.74) is -3.92. The number of carboxylic acids is 1. The molecule has 2 aromatic carbocycles. The maximum Gasteiger partial charge on any atom is 0.416 e. The van der Waals surface area contributed by atoms with E-state index in [1.807, 2.05) is 0 Å². The molecule has 0 heterocycles. The van der Waals surface area contributed by atoms with Gasteiger partial charge in [-0.3, -0.25) is 0 Å². The average Bonchev–Trinajstić information content (AvgIpc) is 2.46. The third-order valence-electron chi connectivity index (χ3n) is 3.11. The number of aliphatic carboxylic acids is 1. The molecule has 6 heteroatoms. The topological polar surface area (TPSA) is 57.5 Å². The van der Waals surface area contributed by atoms with Crippen LogP contribution in [0.15, 0.2) is 54.6 Å². The van der Waals surface area contributed by atoms with Crippen molar-refractivity contribution in [2.24, 2.45) is 0 Å². The van der Waals surface area contributed by atoms with Gasteiger partial charge in [-0.25, -0.2) is 4.79 Å². The molecular formula is C15H11F3O3. The lowest BCUT2D eigenvalue weighted by molar-refractivity contribution is -0.155. The Morgan fingerprint density at radius 2 is 1.38 bits per heavy atom. The first-order valence-electron chi connectivity index (χ1n) is 5.95. The molecule has 2 N–H and O–H groups in total. The van der Waals surface area contributed by atoms with Crippen LogP contribution in [0.25, 0.3) is 0 Å². The Balaban J connectivity index is 2.62. The van der Waals surface area contributed by atoms with Crippen molar-refractivity contribution in [3.05, 3.63) is 71.3 Å². The quantitative estimate of drug-likeness (QED) is 0.915. The second kappa shape index (κ2) is 5.21. The van der Waals surface area contributed by atoms with Crippen LogP contribution in [0.2, 0.25) is 0 Å². The Kier molecular flexibility index (Phi) is 3.74. The van der Waals surface area contributed by atoms with Crippen LogP contribution in [-0.2, 0) is 16.6 Å². The van der Waals surface area contributed by atoms with E-state index in [0.29, 0.717) is 6.07 Å². The molecule has 21 heavy (non-hydrogen) atoms. The zero-order valence-electron chi connectivity index (χ0n) is 10.6. The molecular weight excluding hydrogens is 285 g/mol. The molecule has 0 saturated heterocycles. The fourth-order valence-corrected chi connectivity index (χ4v) is 2.01. The maximum absolute atomic E-state index is 12.7. The molecule has 0 saturated carbocycles. The van der Waals surface area contributed by atoms with Crippen molar-refractivity contribution in [1.29, 1.82) is 0 Å². The molecule has 0 amide bonds. The highest BCUT2D eigenvalue weighted by atomic mass is 19.4. The van der Waals surface area contributed by atoms with Crippen molar-refractivity contribution < 1.29 is 28.2 Å². The molecule has 0 aliphatic rings. The van der Waals surface area contributed by atoms with Crippen molar-refractivity contribution in [1.82, 2.24) is 0 Å². The van der Waals surface area contributed by atoms with Gasteiger partial charge in [0.2, 0.25) is 5.60 Å². The predicted molar refractivity (Wildman–Crippen MR) is 68.5 cm³/mol. The van der Waals surface area contributed by atoms with Gasteiger partial charge in [-0.2, -0.15) is 13.2 Å². The van der Waals surface area contributed by atoms with E-state index in [0.717, 1.165) is 18.2 Å². The van der Waals surface area contributed by atoms with Gasteiger partial charge in [0.25, 0.3) is 0 Å². The fraction of sp³-hybridized carbons (Fsp3) is 0.133. The minimum absolute atomic E-state index is 0.0168. The van der Waals surface area contributed by atoms with Crippen LogP contribution in [0, 0.1) is 0 Å². The van der Waals surface area contributed by atoms with Crippen LogP contribution >= 0.6 is 0 Å². The van der Waals surface area contributed by atoms with E-state index >= 15 is 0 Å². The van der Waals surface area contributed by atoms with E-state index in [2.05, 4.69) is 0 Å². The van der Waals surface area contributed by atoms with Gasteiger partial charge in [-0.1, -0.05) is 42.5 Å². The molecule has 1 unspecified atom stereocenters. The van der Waals surface area contributed by atoms with Gasteiger partial charge in [0.15, 0.2) is 0 Å². The number of benzene rings is 2. The average molecular weight is 296 g/mol. The van der Waals surface area contributed by atoms with Gasteiger partial charge in [-0.15, -0.1) is 0 Å². The standard InChI is InChI=1S/C15H11F3O3/c16-15(17,18)12-8-4-7-11(9-12)14(21,13(19)20)10-5-2-1-3-6-10/h1-9,21H,(H,19,20). The van der Waals surface area contributed by atoms with Crippen LogP contribution in [0.5, 0.6) is 0 Å². The van der Waals surface area contributed by atoms with Gasteiger partial charge in [-0.05, 0) is 17.7 Å². The van der Waals surface area contributed by atoms with Gasteiger partial charge in [0, 0.05) is 5.56 Å². The van der Waals surface area contributed by atoms with Crippen molar-refractivity contribution in [3.63, 3.8) is 0 Å². The summed E-state index contributed by atoms with van der Waals surface area (Å²) in [6.45, 7) is 0. The normalized spacial score (nSPS) is 14.5. The SMILES string of the molecule is O=C(O)C(O)(c1ccccc1)c1cccc(C(F)(F)F)c1. The maximum atomic E-state index is 12.7. The van der Waals surface area contributed by atoms with E-state index < -0.39 is 23.3 Å². The number of carbonyl (C=O) groups is 1. The highest BCUT2D eigenvalue weighted by molar-refractivity contribution is 5.83. The van der Waals surface area contributed by atoms with E-state index in [9.17, 15) is 28.2 Å². The molecule has 1 atom stereocenters. The fourth-order valence-electron chi connectivity index (χ4n) is 2.01. The molecule has 2 rings (SSSR count). The zero-order valence-corrected chi connectivity index (χ0v) is 10.6. The lowest BCUT2D eigenvalue weighted by atomic mass is 9.85. The third-order valence-corrected chi connectivity index (χ3v) is 3.11. The number of hydrogen-bond donors (Lipinski definition) is 2. The number of halogens is 3. The number of aliphatic hydroxyl groups is 1. The highest BCUT2D eigenvalue weighted by Crippen LogP contribution is 2.35. The van der Waals surface area contributed by atoms with Crippen LogP contribution < -0.4 is 0 Å². The second-order valence-corrected chi connectivity index (χ2v) is 4.46. The van der Waals surface area contributed by atoms with Gasteiger partial charge < -0.3 is 10.2 Å². The Hall–Kier alpha value is -2.34. The lowest BCUT2D eigenvalue weighted by Gasteiger charge is -2.25. The largest absolute Gasteiger partial charge is 0.479 e. The molecule has 0 radical (unpaired) electrons. The Morgan fingerprint density at radius 1 is 0.857 bits per heavy atom. The zero-order chi connectivity index (χ0) is 15.7. The number of hydrogen-bond acceptors (Lipinski definition) is 2. The van der Waals surface area contributed by atoms with Crippen molar-refractivity contribution >= 4 is 5.97 Å². The first-order valence-corrected chi connectivity index (χ1v) is 5.95. The van der Waals surface area contributed by atoms with Gasteiger partial charge in [0.05, 0.1) is 5.56 Å². The molecule has 110 valence electrons. The Morgan fingerprint density at radius 3 is 1.90 bits per heavy atom. The summed E-state index contributed by atoms with van der Waals surface area (Å²) in [6, 6.07) is 11.0. The molecule has 0 fully saturated rings. The summed E-state index contributed by atoms with van der Waals surface area (Å²) in [5, 5.41) is 19.8. The van der Waals surface area contributed by atoms with Gasteiger partial charge >= 0.3 is 12.1 Å². The van der Waals surface area contributed by atoms with Crippen LogP contribution in [-0.4, -0.2) is 16.2 Å². The van der Waals surface area contributed by atoms with E-state index in [1.165, 1.54) is 24.3 Å². The summed E-state index contributed by atoms with van der Waals surface area (Å²) in [5.74, 6) is -1.65. The molecule has 0 spiro atoms. The van der Waals surface area contributed by atoms with Crippen molar-refractivity contribution in [3.8, 4) is 0 Å². The summed E-state index contributed by atoms with van der Waals surface area (Å²) in [4.78, 5) is 11.5. The minimum atomic E-state index is -4.62. The number of rotatable bonds is 3. The van der Waals surface area contributed by atoms with E-state index in [1.54, 1.807) is 6.07 Å². The Bertz CT molecular complexity index is 653. The lowest BCUT2D eigenvalue weighted by Crippen LogP contribution is -2.37. The van der Waals surface area contributed by atoms with Gasteiger partial charge in [0.1, 0.15) is 0 Å². The smallest absolute Gasteiger partial charge is 0.416 e. The van der Waals surface area contributed by atoms with E-state index in [-0.39, 0.29) is 11.1 Å². The molecule has 3 nitrogen and oxygen atoms in total. The van der Waals surface area contributed by atoms with Crippen LogP contribution in [0.4, 0.5) is 13.2 Å². The monoisotopic (exact) mass is 296 g/mol. The van der Waals surface area contributed by atoms with Crippen LogP contribution in [0.1, 0.15) is 16.7 Å². The molecule has 0 aromatic heterocycles. The number of alkyl halides is 3. The van der Waals surface area contributed by atoms with Crippen LogP contribution in [0.3, 0.4) is 0 Å². The third kappa shape index (κ3) is 2.75. The van der Waals surface area contributed by atoms with Crippen molar-refractivity contribution in [2.45, 2.75) is 11.8 Å².